The third kappa shape index (κ3) is 7.16. The third-order valence-electron chi connectivity index (χ3n) is 7.17. The Morgan fingerprint density at radius 2 is 2.02 bits per heavy atom. The molecule has 3 heterocycles. The fourth-order valence-corrected chi connectivity index (χ4v) is 5.07. The van der Waals surface area contributed by atoms with E-state index in [9.17, 15) is 9.90 Å². The lowest BCUT2D eigenvalue weighted by molar-refractivity contribution is -0.131. The van der Waals surface area contributed by atoms with Gasteiger partial charge in [-0.05, 0) is 56.7 Å². The molecular weight excluding hydrogens is 515 g/mol. The molecule has 0 radical (unpaired) electrons. The molecule has 1 aliphatic heterocycles. The number of nitrogens with zero attached hydrogens (tertiary/aromatic N) is 5. The number of anilines is 2. The van der Waals surface area contributed by atoms with Gasteiger partial charge in [-0.1, -0.05) is 13.3 Å². The molecule has 0 bridgehead atoms. The van der Waals surface area contributed by atoms with Gasteiger partial charge in [-0.15, -0.1) is 0 Å². The van der Waals surface area contributed by atoms with Crippen molar-refractivity contribution in [3.8, 4) is 5.75 Å². The van der Waals surface area contributed by atoms with Crippen molar-refractivity contribution in [2.24, 2.45) is 0 Å². The lowest BCUT2D eigenvalue weighted by Gasteiger charge is -2.33. The summed E-state index contributed by atoms with van der Waals surface area (Å²) in [6.07, 6.45) is 4.96. The number of nitrogens with one attached hydrogen (secondary N) is 2. The summed E-state index contributed by atoms with van der Waals surface area (Å²) >= 11 is 0. The molecule has 1 amide bonds. The average molecular weight is 557 g/mol. The number of methoxy groups -OCH3 is 1. The molecule has 1 saturated heterocycles. The molecule has 1 aliphatic rings. The molecule has 1 fully saturated rings. The molecular formula is C28H41FN8O3. The largest absolute Gasteiger partial charge is 0.496 e. The number of ether oxygens (including phenoxy) is 1. The Morgan fingerprint density at radius 1 is 1.27 bits per heavy atom. The summed E-state index contributed by atoms with van der Waals surface area (Å²) in [5.41, 5.74) is 7.58. The van der Waals surface area contributed by atoms with E-state index in [1.165, 1.54) is 6.07 Å². The molecule has 0 unspecified atom stereocenters. The van der Waals surface area contributed by atoms with Gasteiger partial charge in [0.1, 0.15) is 22.6 Å². The maximum absolute atomic E-state index is 15.5. The lowest BCUT2D eigenvalue weighted by Crippen LogP contribution is -2.45. The molecule has 12 heteroatoms. The monoisotopic (exact) mass is 556 g/mol. The summed E-state index contributed by atoms with van der Waals surface area (Å²) in [6.45, 7) is 8.10. The molecule has 5 N–H and O–H groups in total. The van der Waals surface area contributed by atoms with Crippen molar-refractivity contribution in [2.75, 3.05) is 50.9 Å². The van der Waals surface area contributed by atoms with Crippen LogP contribution in [-0.2, 0) is 11.3 Å². The summed E-state index contributed by atoms with van der Waals surface area (Å²) in [7, 11) is 1.57. The number of likely N-dealkylation sites (tertiary alicyclic amines) is 1. The average Bonchev–Trinajstić information content (AvgIpc) is 3.30. The van der Waals surface area contributed by atoms with E-state index in [4.69, 9.17) is 10.5 Å². The Morgan fingerprint density at radius 3 is 2.70 bits per heavy atom. The first-order valence-corrected chi connectivity index (χ1v) is 13.9. The van der Waals surface area contributed by atoms with Crippen LogP contribution in [-0.4, -0.2) is 81.1 Å². The van der Waals surface area contributed by atoms with Gasteiger partial charge in [0.05, 0.1) is 32.0 Å². The molecule has 2 aromatic heterocycles. The number of piperidine rings is 1. The standard InChI is InChI=1S/C28H41FN8O3/c1-5-6-9-32-26-25-22(34-27(30)35-26)14-33-37(25)16-19-12-21(29)20(13-23(19)40-4)18-7-10-36(11-8-18)24(38)15-31-17-28(2,3)39/h12-14,18,31,39H,5-11,15-17H2,1-4H3,(H3,30,32,34,35). The van der Waals surface area contributed by atoms with Gasteiger partial charge in [-0.3, -0.25) is 9.48 Å². The summed E-state index contributed by atoms with van der Waals surface area (Å²) in [5, 5.41) is 20.6. The number of hydrogen-bond donors (Lipinski definition) is 4. The second kappa shape index (κ2) is 12.8. The number of amides is 1. The van der Waals surface area contributed by atoms with Crippen LogP contribution in [0.5, 0.6) is 5.75 Å². The number of benzene rings is 1. The van der Waals surface area contributed by atoms with Crippen LogP contribution < -0.4 is 21.1 Å². The Balaban J connectivity index is 1.47. The highest BCUT2D eigenvalue weighted by molar-refractivity contribution is 5.86. The van der Waals surface area contributed by atoms with Crippen LogP contribution in [0.3, 0.4) is 0 Å². The van der Waals surface area contributed by atoms with Gasteiger partial charge in [-0.25, -0.2) is 9.37 Å². The maximum atomic E-state index is 15.5. The molecule has 0 atom stereocenters. The van der Waals surface area contributed by atoms with E-state index in [1.54, 1.807) is 42.8 Å². The Bertz CT molecular complexity index is 1320. The Labute approximate surface area is 234 Å². The number of halogens is 1. The van der Waals surface area contributed by atoms with E-state index in [2.05, 4.69) is 32.6 Å². The number of nitrogen functional groups attached to an aromatic ring is 1. The highest BCUT2D eigenvalue weighted by Gasteiger charge is 2.27. The molecule has 218 valence electrons. The van der Waals surface area contributed by atoms with Gasteiger partial charge in [0.25, 0.3) is 0 Å². The van der Waals surface area contributed by atoms with Gasteiger partial charge >= 0.3 is 0 Å². The fourth-order valence-electron chi connectivity index (χ4n) is 5.07. The first-order valence-electron chi connectivity index (χ1n) is 13.9. The predicted molar refractivity (Wildman–Crippen MR) is 153 cm³/mol. The first-order chi connectivity index (χ1) is 19.1. The summed E-state index contributed by atoms with van der Waals surface area (Å²) in [5.74, 6) is 1.000. The number of unbranched alkanes of at least 4 members (excludes halogenated alkanes) is 1. The van der Waals surface area contributed by atoms with Crippen molar-refractivity contribution in [3.05, 3.63) is 35.3 Å². The SMILES string of the molecule is CCCCNc1nc(N)nc2cnn(Cc3cc(F)c(C4CCN(C(=O)CNCC(C)(C)O)CC4)cc3OC)c12. The normalized spacial score (nSPS) is 14.6. The van der Waals surface area contributed by atoms with Gasteiger partial charge in [-0.2, -0.15) is 10.1 Å². The second-order valence-corrected chi connectivity index (χ2v) is 11.0. The van der Waals surface area contributed by atoms with Gasteiger partial charge < -0.3 is 31.1 Å². The quantitative estimate of drug-likeness (QED) is 0.248. The smallest absolute Gasteiger partial charge is 0.236 e. The highest BCUT2D eigenvalue weighted by atomic mass is 19.1. The zero-order valence-corrected chi connectivity index (χ0v) is 23.8. The molecule has 1 aromatic carbocycles. The van der Waals surface area contributed by atoms with Crippen LogP contribution in [0.4, 0.5) is 16.2 Å². The number of aromatic nitrogens is 4. The molecule has 11 nitrogen and oxygen atoms in total. The molecule has 0 spiro atoms. The maximum Gasteiger partial charge on any atom is 0.236 e. The van der Waals surface area contributed by atoms with Crippen molar-refractivity contribution in [3.63, 3.8) is 0 Å². The van der Waals surface area contributed by atoms with Crippen molar-refractivity contribution in [2.45, 2.75) is 64.5 Å². The number of fused-ring (bicyclic) bond motifs is 1. The number of rotatable bonds is 12. The fraction of sp³-hybridized carbons (Fsp3) is 0.571. The van der Waals surface area contributed by atoms with Crippen LogP contribution in [0.15, 0.2) is 18.3 Å². The van der Waals surface area contributed by atoms with Crippen LogP contribution in [0.1, 0.15) is 63.5 Å². The minimum absolute atomic E-state index is 0.0168. The highest BCUT2D eigenvalue weighted by Crippen LogP contribution is 2.35. The van der Waals surface area contributed by atoms with Crippen LogP contribution in [0.25, 0.3) is 11.0 Å². The number of carbonyl (C=O) groups is 1. The van der Waals surface area contributed by atoms with E-state index in [1.807, 2.05) is 0 Å². The van der Waals surface area contributed by atoms with Crippen molar-refractivity contribution < 1.29 is 19.0 Å². The van der Waals surface area contributed by atoms with Crippen LogP contribution >= 0.6 is 0 Å². The third-order valence-corrected chi connectivity index (χ3v) is 7.17. The van der Waals surface area contributed by atoms with E-state index in [0.717, 1.165) is 19.4 Å². The number of carbonyl (C=O) groups excluding carboxylic acids is 1. The summed E-state index contributed by atoms with van der Waals surface area (Å²) < 4.78 is 22.9. The summed E-state index contributed by atoms with van der Waals surface area (Å²) in [4.78, 5) is 23.0. The topological polar surface area (TPSA) is 143 Å². The molecule has 4 rings (SSSR count). The number of nitrogens with two attached hydrogens (primary N) is 1. The predicted octanol–water partition coefficient (Wildman–Crippen LogP) is 2.88. The van der Waals surface area contributed by atoms with Crippen molar-refractivity contribution in [1.29, 1.82) is 0 Å². The van der Waals surface area contributed by atoms with Crippen molar-refractivity contribution in [1.82, 2.24) is 30.0 Å². The second-order valence-electron chi connectivity index (χ2n) is 11.0. The first kappa shape index (κ1) is 29.5. The molecule has 40 heavy (non-hydrogen) atoms. The number of hydrogen-bond acceptors (Lipinski definition) is 9. The van der Waals surface area contributed by atoms with Crippen LogP contribution in [0, 0.1) is 5.82 Å². The lowest BCUT2D eigenvalue weighted by atomic mass is 9.88. The minimum atomic E-state index is -0.879. The summed E-state index contributed by atoms with van der Waals surface area (Å²) in [6, 6.07) is 3.29. The molecule has 0 aliphatic carbocycles. The zero-order valence-electron chi connectivity index (χ0n) is 23.8. The Hall–Kier alpha value is -3.51. The van der Waals surface area contributed by atoms with E-state index < -0.39 is 5.60 Å². The minimum Gasteiger partial charge on any atom is -0.496 e. The van der Waals surface area contributed by atoms with Gasteiger partial charge in [0.15, 0.2) is 5.82 Å². The van der Waals surface area contributed by atoms with Gasteiger partial charge in [0, 0.05) is 31.7 Å². The molecule has 0 saturated carbocycles. The Kier molecular flexibility index (Phi) is 9.41. The number of aliphatic hydroxyl groups is 1. The van der Waals surface area contributed by atoms with Gasteiger partial charge in [0.2, 0.25) is 11.9 Å². The van der Waals surface area contributed by atoms with Crippen LogP contribution in [0.2, 0.25) is 0 Å². The zero-order chi connectivity index (χ0) is 28.9. The molecule has 3 aromatic rings. The van der Waals surface area contributed by atoms with Crippen molar-refractivity contribution >= 4 is 28.7 Å². The van der Waals surface area contributed by atoms with E-state index >= 15 is 4.39 Å². The van der Waals surface area contributed by atoms with E-state index in [0.29, 0.717) is 66.2 Å². The van der Waals surface area contributed by atoms with E-state index in [-0.39, 0.29) is 36.7 Å².